The molecular formula is C16H20N2. The Morgan fingerprint density at radius 2 is 2.28 bits per heavy atom. The number of hydrogen-bond acceptors (Lipinski definition) is 2. The van der Waals surface area contributed by atoms with Crippen molar-refractivity contribution in [3.8, 4) is 11.8 Å². The van der Waals surface area contributed by atoms with Gasteiger partial charge in [0, 0.05) is 31.2 Å². The summed E-state index contributed by atoms with van der Waals surface area (Å²) in [5.74, 6) is 6.82. The third kappa shape index (κ3) is 2.43. The summed E-state index contributed by atoms with van der Waals surface area (Å²) >= 11 is 0. The smallest absolute Gasteiger partial charge is 0.0722 e. The zero-order chi connectivity index (χ0) is 12.4. The van der Waals surface area contributed by atoms with E-state index >= 15 is 0 Å². The molecule has 2 nitrogen and oxygen atoms in total. The van der Waals surface area contributed by atoms with Gasteiger partial charge in [0.2, 0.25) is 0 Å². The Hall–Kier alpha value is -1.30. The van der Waals surface area contributed by atoms with E-state index < -0.39 is 0 Å². The lowest BCUT2D eigenvalue weighted by Gasteiger charge is -2.32. The van der Waals surface area contributed by atoms with Gasteiger partial charge in [-0.25, -0.2) is 0 Å². The first kappa shape index (κ1) is 11.8. The molecule has 0 saturated carbocycles. The second kappa shape index (κ2) is 5.14. The summed E-state index contributed by atoms with van der Waals surface area (Å²) in [7, 11) is 0. The Bertz CT molecular complexity index is 483. The van der Waals surface area contributed by atoms with Gasteiger partial charge in [-0.15, -0.1) is 0 Å². The molecule has 0 unspecified atom stereocenters. The third-order valence-corrected chi connectivity index (χ3v) is 3.97. The maximum Gasteiger partial charge on any atom is 0.0722 e. The fourth-order valence-corrected chi connectivity index (χ4v) is 3.02. The molecule has 2 aliphatic rings. The van der Waals surface area contributed by atoms with Gasteiger partial charge in [-0.1, -0.05) is 24.0 Å². The zero-order valence-electron chi connectivity index (χ0n) is 10.9. The zero-order valence-corrected chi connectivity index (χ0v) is 10.9. The maximum atomic E-state index is 3.47. The monoisotopic (exact) mass is 240 g/mol. The number of rotatable bonds is 0. The fourth-order valence-electron chi connectivity index (χ4n) is 3.02. The Kier molecular flexibility index (Phi) is 3.36. The van der Waals surface area contributed by atoms with Gasteiger partial charge in [0.05, 0.1) is 6.04 Å². The van der Waals surface area contributed by atoms with Crippen molar-refractivity contribution in [2.75, 3.05) is 19.6 Å². The SMILES string of the molecule is Cc1cccc(C#C[C@H]2CC[C@H]3CNCCN32)c1. The number of fused-ring (bicyclic) bond motifs is 1. The van der Waals surface area contributed by atoms with Crippen LogP contribution in [-0.2, 0) is 0 Å². The molecule has 2 heteroatoms. The number of piperazine rings is 1. The highest BCUT2D eigenvalue weighted by Gasteiger charge is 2.33. The van der Waals surface area contributed by atoms with Gasteiger partial charge in [0.25, 0.3) is 0 Å². The third-order valence-electron chi connectivity index (χ3n) is 3.97. The Labute approximate surface area is 109 Å². The van der Waals surface area contributed by atoms with Crippen molar-refractivity contribution in [2.24, 2.45) is 0 Å². The average molecular weight is 240 g/mol. The topological polar surface area (TPSA) is 15.3 Å². The first-order chi connectivity index (χ1) is 8.83. The molecule has 3 rings (SSSR count). The van der Waals surface area contributed by atoms with E-state index in [1.807, 2.05) is 0 Å². The molecule has 94 valence electrons. The van der Waals surface area contributed by atoms with Crippen molar-refractivity contribution < 1.29 is 0 Å². The van der Waals surface area contributed by atoms with Crippen molar-refractivity contribution in [1.82, 2.24) is 10.2 Å². The normalized spacial score (nSPS) is 27.4. The van der Waals surface area contributed by atoms with E-state index in [1.165, 1.54) is 18.4 Å². The molecular weight excluding hydrogens is 220 g/mol. The molecule has 18 heavy (non-hydrogen) atoms. The van der Waals surface area contributed by atoms with Gasteiger partial charge in [-0.05, 0) is 37.5 Å². The van der Waals surface area contributed by atoms with Crippen LogP contribution in [0.5, 0.6) is 0 Å². The lowest BCUT2D eigenvalue weighted by atomic mass is 10.1. The summed E-state index contributed by atoms with van der Waals surface area (Å²) in [6.45, 7) is 5.52. The van der Waals surface area contributed by atoms with Crippen molar-refractivity contribution in [3.63, 3.8) is 0 Å². The minimum Gasteiger partial charge on any atom is -0.314 e. The summed E-state index contributed by atoms with van der Waals surface area (Å²) in [5.41, 5.74) is 2.43. The number of aryl methyl sites for hydroxylation is 1. The van der Waals surface area contributed by atoms with Crippen LogP contribution in [-0.4, -0.2) is 36.6 Å². The molecule has 0 spiro atoms. The predicted molar refractivity (Wildman–Crippen MR) is 74.4 cm³/mol. The molecule has 0 bridgehead atoms. The van der Waals surface area contributed by atoms with Crippen molar-refractivity contribution in [3.05, 3.63) is 35.4 Å². The summed E-state index contributed by atoms with van der Waals surface area (Å²) in [6, 6.07) is 9.66. The van der Waals surface area contributed by atoms with E-state index in [9.17, 15) is 0 Å². The van der Waals surface area contributed by atoms with Gasteiger partial charge in [0.15, 0.2) is 0 Å². The molecule has 2 aliphatic heterocycles. The summed E-state index contributed by atoms with van der Waals surface area (Å²) in [5, 5.41) is 3.47. The molecule has 1 aromatic carbocycles. The average Bonchev–Trinajstić information content (AvgIpc) is 2.80. The van der Waals surface area contributed by atoms with Crippen LogP contribution in [0, 0.1) is 18.8 Å². The standard InChI is InChI=1S/C16H20N2/c1-13-3-2-4-14(11-13)5-6-15-7-8-16-12-17-9-10-18(15)16/h2-4,11,15-17H,7-10,12H2,1H3/t15-,16-/m0/s1. The molecule has 0 aromatic heterocycles. The van der Waals surface area contributed by atoms with Gasteiger partial charge in [-0.2, -0.15) is 0 Å². The highest BCUT2D eigenvalue weighted by Crippen LogP contribution is 2.24. The van der Waals surface area contributed by atoms with Crippen LogP contribution in [0.15, 0.2) is 24.3 Å². The van der Waals surface area contributed by atoms with E-state index in [0.29, 0.717) is 6.04 Å². The summed E-state index contributed by atoms with van der Waals surface area (Å²) in [6.07, 6.45) is 2.52. The van der Waals surface area contributed by atoms with Crippen molar-refractivity contribution in [2.45, 2.75) is 31.8 Å². The van der Waals surface area contributed by atoms with Crippen LogP contribution in [0.3, 0.4) is 0 Å². The number of nitrogens with zero attached hydrogens (tertiary/aromatic N) is 1. The maximum absolute atomic E-state index is 3.47. The molecule has 2 fully saturated rings. The second-order valence-corrected chi connectivity index (χ2v) is 5.33. The van der Waals surface area contributed by atoms with Gasteiger partial charge >= 0.3 is 0 Å². The molecule has 0 aliphatic carbocycles. The van der Waals surface area contributed by atoms with E-state index in [-0.39, 0.29) is 0 Å². The van der Waals surface area contributed by atoms with E-state index in [0.717, 1.165) is 31.2 Å². The van der Waals surface area contributed by atoms with E-state index in [2.05, 4.69) is 53.2 Å². The fraction of sp³-hybridized carbons (Fsp3) is 0.500. The lowest BCUT2D eigenvalue weighted by Crippen LogP contribution is -2.50. The summed E-state index contributed by atoms with van der Waals surface area (Å²) in [4.78, 5) is 2.58. The van der Waals surface area contributed by atoms with Gasteiger partial charge < -0.3 is 5.32 Å². The molecule has 1 N–H and O–H groups in total. The number of benzene rings is 1. The van der Waals surface area contributed by atoms with E-state index in [4.69, 9.17) is 0 Å². The van der Waals surface area contributed by atoms with Crippen molar-refractivity contribution in [1.29, 1.82) is 0 Å². The van der Waals surface area contributed by atoms with E-state index in [1.54, 1.807) is 0 Å². The summed E-state index contributed by atoms with van der Waals surface area (Å²) < 4.78 is 0. The first-order valence-electron chi connectivity index (χ1n) is 6.87. The first-order valence-corrected chi connectivity index (χ1v) is 6.87. The van der Waals surface area contributed by atoms with Crippen LogP contribution in [0.25, 0.3) is 0 Å². The lowest BCUT2D eigenvalue weighted by molar-refractivity contribution is 0.187. The molecule has 1 aromatic rings. The number of nitrogens with one attached hydrogen (secondary N) is 1. The predicted octanol–water partition coefficient (Wildman–Crippen LogP) is 1.78. The highest BCUT2D eigenvalue weighted by atomic mass is 15.3. The van der Waals surface area contributed by atoms with Gasteiger partial charge in [0.1, 0.15) is 0 Å². The highest BCUT2D eigenvalue weighted by molar-refractivity contribution is 5.37. The van der Waals surface area contributed by atoms with Crippen LogP contribution in [0.4, 0.5) is 0 Å². The molecule has 2 atom stereocenters. The van der Waals surface area contributed by atoms with Crippen LogP contribution >= 0.6 is 0 Å². The van der Waals surface area contributed by atoms with Gasteiger partial charge in [-0.3, -0.25) is 4.90 Å². The largest absolute Gasteiger partial charge is 0.314 e. The van der Waals surface area contributed by atoms with Crippen molar-refractivity contribution >= 4 is 0 Å². The van der Waals surface area contributed by atoms with Crippen LogP contribution in [0.1, 0.15) is 24.0 Å². The quantitative estimate of drug-likeness (QED) is 0.695. The van der Waals surface area contributed by atoms with Crippen LogP contribution in [0.2, 0.25) is 0 Å². The molecule has 0 amide bonds. The molecule has 2 saturated heterocycles. The Morgan fingerprint density at radius 3 is 3.17 bits per heavy atom. The van der Waals surface area contributed by atoms with Crippen LogP contribution < -0.4 is 5.32 Å². The molecule has 0 radical (unpaired) electrons. The minimum atomic E-state index is 0.470. The minimum absolute atomic E-state index is 0.470. The Morgan fingerprint density at radius 1 is 1.33 bits per heavy atom. The second-order valence-electron chi connectivity index (χ2n) is 5.33. The number of hydrogen-bond donors (Lipinski definition) is 1. The Balaban J connectivity index is 1.73. The molecule has 2 heterocycles.